The molecule has 2 aromatic rings. The van der Waals surface area contributed by atoms with E-state index in [1.807, 2.05) is 29.6 Å². The van der Waals surface area contributed by atoms with E-state index >= 15 is 0 Å². The Hall–Kier alpha value is -2.54. The molecule has 0 bridgehead atoms. The molecule has 2 aliphatic rings. The molecule has 1 aromatic carbocycles. The molecule has 1 fully saturated rings. The zero-order valence-corrected chi connectivity index (χ0v) is 16.2. The van der Waals surface area contributed by atoms with Gasteiger partial charge in [-0.3, -0.25) is 9.59 Å². The van der Waals surface area contributed by atoms with Gasteiger partial charge in [-0.1, -0.05) is 6.07 Å². The van der Waals surface area contributed by atoms with Gasteiger partial charge in [-0.15, -0.1) is 11.3 Å². The third-order valence-electron chi connectivity index (χ3n) is 5.05. The van der Waals surface area contributed by atoms with Gasteiger partial charge in [-0.25, -0.2) is 0 Å². The quantitative estimate of drug-likeness (QED) is 0.820. The summed E-state index contributed by atoms with van der Waals surface area (Å²) in [4.78, 5) is 28.0. The van der Waals surface area contributed by atoms with Crippen LogP contribution in [0.5, 0.6) is 11.5 Å². The fourth-order valence-electron chi connectivity index (χ4n) is 3.52. The summed E-state index contributed by atoms with van der Waals surface area (Å²) in [5.41, 5.74) is 2.09. The molecule has 0 spiro atoms. The average Bonchev–Trinajstić information content (AvgIpc) is 3.34. The van der Waals surface area contributed by atoms with E-state index in [1.54, 1.807) is 30.5 Å². The number of fused-ring (bicyclic) bond motifs is 1. The lowest BCUT2D eigenvalue weighted by atomic mass is 9.90. The van der Waals surface area contributed by atoms with Gasteiger partial charge in [0, 0.05) is 17.5 Å². The van der Waals surface area contributed by atoms with Crippen LogP contribution < -0.4 is 14.8 Å². The molecule has 1 atom stereocenters. The summed E-state index contributed by atoms with van der Waals surface area (Å²) in [5.74, 6) is 0.311. The molecule has 1 N–H and O–H groups in total. The van der Waals surface area contributed by atoms with Crippen LogP contribution in [0.15, 0.2) is 29.6 Å². The van der Waals surface area contributed by atoms with Crippen LogP contribution in [0.3, 0.4) is 0 Å². The number of carbonyl (C=O) groups is 2. The Morgan fingerprint density at radius 2 is 1.93 bits per heavy atom. The summed E-state index contributed by atoms with van der Waals surface area (Å²) in [6.45, 7) is 0.488. The molecule has 4 rings (SSSR count). The molecule has 2 amide bonds. The number of rotatable bonds is 4. The topological polar surface area (TPSA) is 67.9 Å². The highest BCUT2D eigenvalue weighted by atomic mass is 32.1. The minimum absolute atomic E-state index is 0.156. The number of benzene rings is 1. The van der Waals surface area contributed by atoms with Crippen molar-refractivity contribution in [2.75, 3.05) is 20.8 Å². The summed E-state index contributed by atoms with van der Waals surface area (Å²) in [5, 5.41) is 4.79. The monoisotopic (exact) mass is 386 g/mol. The van der Waals surface area contributed by atoms with Gasteiger partial charge >= 0.3 is 11.8 Å². The Bertz CT molecular complexity index is 861. The largest absolute Gasteiger partial charge is 0.493 e. The summed E-state index contributed by atoms with van der Waals surface area (Å²) in [6.07, 6.45) is 2.57. The Morgan fingerprint density at radius 1 is 1.19 bits per heavy atom. The molecule has 0 radical (unpaired) electrons. The molecule has 7 heteroatoms. The first kappa shape index (κ1) is 17.9. The third-order valence-corrected chi connectivity index (χ3v) is 5.98. The van der Waals surface area contributed by atoms with Crippen LogP contribution in [0.4, 0.5) is 0 Å². The number of nitrogens with zero attached hydrogens (tertiary/aromatic N) is 1. The number of nitrogens with one attached hydrogen (secondary N) is 1. The van der Waals surface area contributed by atoms with Crippen LogP contribution in [0.2, 0.25) is 0 Å². The van der Waals surface area contributed by atoms with Gasteiger partial charge in [0.25, 0.3) is 0 Å². The second-order valence-electron chi connectivity index (χ2n) is 6.82. The first-order chi connectivity index (χ1) is 13.1. The minimum Gasteiger partial charge on any atom is -0.493 e. The predicted octanol–water partition coefficient (Wildman–Crippen LogP) is 2.52. The van der Waals surface area contributed by atoms with E-state index in [1.165, 1.54) is 0 Å². The Balaban J connectivity index is 1.73. The summed E-state index contributed by atoms with van der Waals surface area (Å²) >= 11 is 1.58. The van der Waals surface area contributed by atoms with E-state index in [0.29, 0.717) is 24.5 Å². The minimum atomic E-state index is -0.511. The van der Waals surface area contributed by atoms with Gasteiger partial charge in [0.2, 0.25) is 0 Å². The van der Waals surface area contributed by atoms with Crippen LogP contribution in [0, 0.1) is 0 Å². The normalized spacial score (nSPS) is 18.6. The van der Waals surface area contributed by atoms with Gasteiger partial charge in [-0.05, 0) is 54.0 Å². The van der Waals surface area contributed by atoms with Crippen LogP contribution in [-0.2, 0) is 16.0 Å². The second kappa shape index (κ2) is 7.23. The van der Waals surface area contributed by atoms with Crippen molar-refractivity contribution in [2.45, 2.75) is 31.3 Å². The number of methoxy groups -OCH3 is 2. The molecule has 0 saturated heterocycles. The van der Waals surface area contributed by atoms with E-state index in [-0.39, 0.29) is 12.1 Å². The molecule has 1 aliphatic heterocycles. The zero-order chi connectivity index (χ0) is 19.0. The standard InChI is InChI=1S/C20H22N2O4S/c1-25-15-10-12-7-8-22(20(24)19(23)21-13-5-6-13)18(17-4-3-9-27-17)14(12)11-16(15)26-2/h3-4,9-11,13,18H,5-8H2,1-2H3,(H,21,23). The SMILES string of the molecule is COc1cc2c(cc1OC)C(c1cccs1)N(C(=O)C(=O)NC1CC1)CC2. The molecule has 142 valence electrons. The van der Waals surface area contributed by atoms with E-state index in [9.17, 15) is 9.59 Å². The maximum atomic E-state index is 12.9. The van der Waals surface area contributed by atoms with E-state index in [2.05, 4.69) is 5.32 Å². The highest BCUT2D eigenvalue weighted by Gasteiger charge is 2.37. The van der Waals surface area contributed by atoms with Crippen molar-refractivity contribution in [3.63, 3.8) is 0 Å². The van der Waals surface area contributed by atoms with Gasteiger partial charge in [-0.2, -0.15) is 0 Å². The van der Waals surface area contributed by atoms with Crippen LogP contribution in [0.25, 0.3) is 0 Å². The van der Waals surface area contributed by atoms with Crippen LogP contribution in [-0.4, -0.2) is 43.5 Å². The summed E-state index contributed by atoms with van der Waals surface area (Å²) < 4.78 is 10.9. The second-order valence-corrected chi connectivity index (χ2v) is 7.80. The van der Waals surface area contributed by atoms with Gasteiger partial charge in [0.05, 0.1) is 20.3 Å². The van der Waals surface area contributed by atoms with Crippen LogP contribution >= 0.6 is 11.3 Å². The first-order valence-corrected chi connectivity index (χ1v) is 9.90. The van der Waals surface area contributed by atoms with Crippen molar-refractivity contribution < 1.29 is 19.1 Å². The van der Waals surface area contributed by atoms with Gasteiger partial charge < -0.3 is 19.7 Å². The third kappa shape index (κ3) is 3.39. The lowest BCUT2D eigenvalue weighted by Gasteiger charge is -2.37. The van der Waals surface area contributed by atoms with Gasteiger partial charge in [0.15, 0.2) is 11.5 Å². The number of amides is 2. The van der Waals surface area contributed by atoms with E-state index in [4.69, 9.17) is 9.47 Å². The van der Waals surface area contributed by atoms with E-state index < -0.39 is 11.8 Å². The van der Waals surface area contributed by atoms with Crippen molar-refractivity contribution in [3.8, 4) is 11.5 Å². The Kier molecular flexibility index (Phi) is 4.78. The highest BCUT2D eigenvalue weighted by Crippen LogP contribution is 2.42. The molecule has 2 heterocycles. The van der Waals surface area contributed by atoms with Crippen molar-refractivity contribution in [2.24, 2.45) is 0 Å². The fraction of sp³-hybridized carbons (Fsp3) is 0.400. The number of ether oxygens (including phenoxy) is 2. The zero-order valence-electron chi connectivity index (χ0n) is 15.4. The summed E-state index contributed by atoms with van der Waals surface area (Å²) in [6, 6.07) is 7.72. The summed E-state index contributed by atoms with van der Waals surface area (Å²) in [7, 11) is 3.21. The Labute approximate surface area is 162 Å². The number of thiophene rings is 1. The molecule has 1 aliphatic carbocycles. The van der Waals surface area contributed by atoms with Crippen molar-refractivity contribution in [3.05, 3.63) is 45.6 Å². The molecule has 1 aromatic heterocycles. The van der Waals surface area contributed by atoms with Gasteiger partial charge in [0.1, 0.15) is 0 Å². The van der Waals surface area contributed by atoms with Crippen LogP contribution in [0.1, 0.15) is 34.9 Å². The number of carbonyl (C=O) groups excluding carboxylic acids is 2. The van der Waals surface area contributed by atoms with Crippen molar-refractivity contribution in [1.82, 2.24) is 10.2 Å². The predicted molar refractivity (Wildman–Crippen MR) is 102 cm³/mol. The average molecular weight is 386 g/mol. The molecule has 6 nitrogen and oxygen atoms in total. The fourth-order valence-corrected chi connectivity index (χ4v) is 4.38. The molecular weight excluding hydrogens is 364 g/mol. The maximum Gasteiger partial charge on any atom is 0.312 e. The molecule has 27 heavy (non-hydrogen) atoms. The molecule has 1 saturated carbocycles. The first-order valence-electron chi connectivity index (χ1n) is 9.02. The molecule has 1 unspecified atom stereocenters. The maximum absolute atomic E-state index is 12.9. The smallest absolute Gasteiger partial charge is 0.312 e. The van der Waals surface area contributed by atoms with Crippen molar-refractivity contribution >= 4 is 23.2 Å². The Morgan fingerprint density at radius 3 is 2.56 bits per heavy atom. The number of hydrogen-bond donors (Lipinski definition) is 1. The molecular formula is C20H22N2O4S. The number of hydrogen-bond acceptors (Lipinski definition) is 5. The highest BCUT2D eigenvalue weighted by molar-refractivity contribution is 7.10. The lowest BCUT2D eigenvalue weighted by Crippen LogP contribution is -2.48. The van der Waals surface area contributed by atoms with E-state index in [0.717, 1.165) is 28.8 Å². The lowest BCUT2D eigenvalue weighted by molar-refractivity contribution is -0.147. The van der Waals surface area contributed by atoms with Crippen molar-refractivity contribution in [1.29, 1.82) is 0 Å².